The number of carbonyl (C=O) groups is 1. The highest BCUT2D eigenvalue weighted by molar-refractivity contribution is 5.73. The van der Waals surface area contributed by atoms with Crippen molar-refractivity contribution in [2.45, 2.75) is 32.2 Å². The van der Waals surface area contributed by atoms with Gasteiger partial charge in [-0.25, -0.2) is 0 Å². The predicted molar refractivity (Wildman–Crippen MR) is 53.1 cm³/mol. The second-order valence-corrected chi connectivity index (χ2v) is 3.95. The molecule has 2 N–H and O–H groups in total. The summed E-state index contributed by atoms with van der Waals surface area (Å²) in [6, 6.07) is -0.371. The van der Waals surface area contributed by atoms with Crippen LogP contribution in [-0.4, -0.2) is 46.8 Å². The van der Waals surface area contributed by atoms with Crippen LogP contribution in [0.4, 0.5) is 0 Å². The van der Waals surface area contributed by atoms with E-state index in [1.165, 1.54) is 0 Å². The average molecular weight is 201 g/mol. The Morgan fingerprint density at radius 2 is 2.36 bits per heavy atom. The third-order valence-corrected chi connectivity index (χ3v) is 2.92. The van der Waals surface area contributed by atoms with E-state index in [1.54, 1.807) is 0 Å². The van der Waals surface area contributed by atoms with Gasteiger partial charge in [-0.05, 0) is 31.7 Å². The molecule has 0 aromatic heterocycles. The first-order chi connectivity index (χ1) is 6.69. The van der Waals surface area contributed by atoms with Crippen LogP contribution in [-0.2, 0) is 4.79 Å². The van der Waals surface area contributed by atoms with Crippen LogP contribution in [0.5, 0.6) is 0 Å². The van der Waals surface area contributed by atoms with Gasteiger partial charge in [-0.2, -0.15) is 0 Å². The van der Waals surface area contributed by atoms with E-state index in [-0.39, 0.29) is 18.6 Å². The van der Waals surface area contributed by atoms with Crippen LogP contribution in [0.25, 0.3) is 0 Å². The van der Waals surface area contributed by atoms with Crippen LogP contribution in [0.1, 0.15) is 26.2 Å². The molecular weight excluding hydrogens is 182 g/mol. The van der Waals surface area contributed by atoms with E-state index in [4.69, 9.17) is 10.2 Å². The second-order valence-electron chi connectivity index (χ2n) is 3.95. The Kier molecular flexibility index (Phi) is 4.35. The predicted octanol–water partition coefficient (Wildman–Crippen LogP) is 0.554. The minimum Gasteiger partial charge on any atom is -0.480 e. The van der Waals surface area contributed by atoms with Gasteiger partial charge in [0.1, 0.15) is 6.04 Å². The van der Waals surface area contributed by atoms with Crippen LogP contribution in [0, 0.1) is 5.92 Å². The molecule has 1 saturated heterocycles. The van der Waals surface area contributed by atoms with Crippen LogP contribution in [0.2, 0.25) is 0 Å². The number of nitrogens with zero attached hydrogens (tertiary/aromatic N) is 1. The quantitative estimate of drug-likeness (QED) is 0.697. The lowest BCUT2D eigenvalue weighted by Crippen LogP contribution is -2.47. The monoisotopic (exact) mass is 201 g/mol. The fourth-order valence-electron chi connectivity index (χ4n) is 2.12. The molecule has 0 radical (unpaired) electrons. The molecule has 0 saturated carbocycles. The average Bonchev–Trinajstić information content (AvgIpc) is 2.19. The molecule has 82 valence electrons. The van der Waals surface area contributed by atoms with Crippen molar-refractivity contribution in [3.63, 3.8) is 0 Å². The molecule has 0 aromatic rings. The highest BCUT2D eigenvalue weighted by Crippen LogP contribution is 2.19. The van der Waals surface area contributed by atoms with Gasteiger partial charge in [-0.15, -0.1) is 0 Å². The van der Waals surface area contributed by atoms with Crippen molar-refractivity contribution in [2.75, 3.05) is 19.7 Å². The number of hydrogen-bond acceptors (Lipinski definition) is 3. The van der Waals surface area contributed by atoms with Crippen molar-refractivity contribution in [1.29, 1.82) is 0 Å². The Morgan fingerprint density at radius 3 is 2.86 bits per heavy atom. The van der Waals surface area contributed by atoms with Crippen molar-refractivity contribution < 1.29 is 15.0 Å². The minimum atomic E-state index is -0.744. The number of aliphatic hydroxyl groups is 1. The molecule has 1 fully saturated rings. The van der Waals surface area contributed by atoms with E-state index in [9.17, 15) is 4.79 Å². The summed E-state index contributed by atoms with van der Waals surface area (Å²) in [6.45, 7) is 3.64. The SMILES string of the molecule is CC[C@H](C(=O)O)N1CCC[C@@H](CO)C1. The Labute approximate surface area is 84.5 Å². The smallest absolute Gasteiger partial charge is 0.320 e. The zero-order valence-electron chi connectivity index (χ0n) is 8.65. The molecule has 1 aliphatic heterocycles. The number of likely N-dealkylation sites (tertiary alicyclic amines) is 1. The number of hydrogen-bond donors (Lipinski definition) is 2. The van der Waals surface area contributed by atoms with Gasteiger partial charge in [-0.1, -0.05) is 6.92 Å². The van der Waals surface area contributed by atoms with Gasteiger partial charge >= 0.3 is 5.97 Å². The summed E-state index contributed by atoms with van der Waals surface area (Å²) in [7, 11) is 0. The lowest BCUT2D eigenvalue weighted by molar-refractivity contribution is -0.144. The maximum Gasteiger partial charge on any atom is 0.320 e. The largest absolute Gasteiger partial charge is 0.480 e. The summed E-state index contributed by atoms with van der Waals surface area (Å²) in [5, 5.41) is 18.0. The highest BCUT2D eigenvalue weighted by Gasteiger charge is 2.28. The molecule has 2 atom stereocenters. The molecule has 0 amide bonds. The third kappa shape index (κ3) is 2.69. The minimum absolute atomic E-state index is 0.173. The molecule has 1 rings (SSSR count). The van der Waals surface area contributed by atoms with E-state index in [0.717, 1.165) is 25.9 Å². The topological polar surface area (TPSA) is 60.8 Å². The Hall–Kier alpha value is -0.610. The summed E-state index contributed by atoms with van der Waals surface area (Å²) in [5.74, 6) is -0.483. The van der Waals surface area contributed by atoms with Gasteiger partial charge in [0.25, 0.3) is 0 Å². The summed E-state index contributed by atoms with van der Waals surface area (Å²) >= 11 is 0. The number of carboxylic acid groups (broad SMARTS) is 1. The second kappa shape index (κ2) is 5.32. The van der Waals surface area contributed by atoms with Gasteiger partial charge in [-0.3, -0.25) is 9.69 Å². The number of aliphatic carboxylic acids is 1. The Morgan fingerprint density at radius 1 is 1.64 bits per heavy atom. The zero-order valence-corrected chi connectivity index (χ0v) is 8.65. The summed E-state index contributed by atoms with van der Waals surface area (Å²) in [5.41, 5.74) is 0. The molecule has 0 bridgehead atoms. The number of carboxylic acids is 1. The fourth-order valence-corrected chi connectivity index (χ4v) is 2.12. The van der Waals surface area contributed by atoms with Gasteiger partial charge < -0.3 is 10.2 Å². The van der Waals surface area contributed by atoms with E-state index >= 15 is 0 Å². The zero-order chi connectivity index (χ0) is 10.6. The van der Waals surface area contributed by atoms with Crippen LogP contribution < -0.4 is 0 Å². The highest BCUT2D eigenvalue weighted by atomic mass is 16.4. The van der Waals surface area contributed by atoms with E-state index in [2.05, 4.69) is 0 Å². The lowest BCUT2D eigenvalue weighted by atomic mass is 9.97. The molecule has 0 aromatic carbocycles. The molecule has 1 heterocycles. The van der Waals surface area contributed by atoms with Crippen LogP contribution in [0.15, 0.2) is 0 Å². The summed E-state index contributed by atoms with van der Waals surface area (Å²) in [6.07, 6.45) is 2.64. The van der Waals surface area contributed by atoms with Crippen molar-refractivity contribution in [1.82, 2.24) is 4.90 Å². The van der Waals surface area contributed by atoms with Crippen molar-refractivity contribution in [2.24, 2.45) is 5.92 Å². The van der Waals surface area contributed by atoms with Crippen molar-refractivity contribution >= 4 is 5.97 Å². The number of aliphatic hydroxyl groups excluding tert-OH is 1. The first-order valence-corrected chi connectivity index (χ1v) is 5.26. The van der Waals surface area contributed by atoms with Crippen molar-refractivity contribution in [3.8, 4) is 0 Å². The van der Waals surface area contributed by atoms with E-state index in [0.29, 0.717) is 6.42 Å². The first kappa shape index (κ1) is 11.5. The number of rotatable bonds is 4. The molecular formula is C10H19NO3. The van der Waals surface area contributed by atoms with Crippen molar-refractivity contribution in [3.05, 3.63) is 0 Å². The molecule has 0 spiro atoms. The Balaban J connectivity index is 2.53. The standard InChI is InChI=1S/C10H19NO3/c1-2-9(10(13)14)11-5-3-4-8(6-11)7-12/h8-9,12H,2-7H2,1H3,(H,13,14)/t8-,9-/m1/s1. The maximum atomic E-state index is 10.9. The Bertz CT molecular complexity index is 196. The molecule has 0 aliphatic carbocycles. The van der Waals surface area contributed by atoms with Gasteiger partial charge in [0.2, 0.25) is 0 Å². The molecule has 4 nitrogen and oxygen atoms in total. The summed E-state index contributed by atoms with van der Waals surface area (Å²) in [4.78, 5) is 12.9. The van der Waals surface area contributed by atoms with Gasteiger partial charge in [0, 0.05) is 13.2 Å². The molecule has 1 aliphatic rings. The third-order valence-electron chi connectivity index (χ3n) is 2.92. The summed E-state index contributed by atoms with van der Waals surface area (Å²) < 4.78 is 0. The first-order valence-electron chi connectivity index (χ1n) is 5.26. The maximum absolute atomic E-state index is 10.9. The van der Waals surface area contributed by atoms with E-state index < -0.39 is 5.97 Å². The normalized spacial score (nSPS) is 26.0. The van der Waals surface area contributed by atoms with Crippen LogP contribution in [0.3, 0.4) is 0 Å². The molecule has 14 heavy (non-hydrogen) atoms. The molecule has 0 unspecified atom stereocenters. The van der Waals surface area contributed by atoms with E-state index in [1.807, 2.05) is 11.8 Å². The van der Waals surface area contributed by atoms with Gasteiger partial charge in [0.05, 0.1) is 0 Å². The number of piperidine rings is 1. The lowest BCUT2D eigenvalue weighted by Gasteiger charge is -2.35. The molecule has 4 heteroatoms. The fraction of sp³-hybridized carbons (Fsp3) is 0.900. The van der Waals surface area contributed by atoms with Crippen LogP contribution >= 0.6 is 0 Å². The van der Waals surface area contributed by atoms with Gasteiger partial charge in [0.15, 0.2) is 0 Å².